The van der Waals surface area contributed by atoms with Gasteiger partial charge < -0.3 is 15.2 Å². The predicted molar refractivity (Wildman–Crippen MR) is 89.3 cm³/mol. The van der Waals surface area contributed by atoms with Crippen molar-refractivity contribution in [1.29, 1.82) is 0 Å². The Bertz CT molecular complexity index is 407. The minimum atomic E-state index is -4.15. The Morgan fingerprint density at radius 2 is 1.86 bits per heavy atom. The summed E-state index contributed by atoms with van der Waals surface area (Å²) in [6.07, 6.45) is 0.0176. The van der Waals surface area contributed by atoms with Crippen LogP contribution < -0.4 is 10.6 Å². The number of nitrogens with zero attached hydrogens (tertiary/aromatic N) is 4. The normalized spacial score (nSPS) is 11.9. The molecule has 0 saturated heterocycles. The lowest BCUT2D eigenvalue weighted by Gasteiger charge is -2.12. The molecule has 1 aromatic rings. The summed E-state index contributed by atoms with van der Waals surface area (Å²) < 4.78 is 38.1. The van der Waals surface area contributed by atoms with Crippen molar-refractivity contribution in [2.75, 3.05) is 19.6 Å². The van der Waals surface area contributed by atoms with E-state index in [0.717, 1.165) is 19.4 Å². The van der Waals surface area contributed by atoms with Gasteiger partial charge in [-0.25, -0.2) is 0 Å². The number of aryl methyl sites for hydroxylation is 1. The number of unbranched alkanes of at least 4 members (excludes halogenated alkanes) is 1. The van der Waals surface area contributed by atoms with E-state index in [9.17, 15) is 13.2 Å². The topological polar surface area (TPSA) is 67.1 Å². The molecule has 0 amide bonds. The van der Waals surface area contributed by atoms with Crippen molar-refractivity contribution in [2.45, 2.75) is 38.9 Å². The Hall–Kier alpha value is -1.07. The van der Waals surface area contributed by atoms with Crippen LogP contribution in [0.1, 0.15) is 26.2 Å². The number of guanidine groups is 1. The molecule has 0 unspecified atom stereocenters. The molecule has 0 atom stereocenters. The number of rotatable bonds is 8. The van der Waals surface area contributed by atoms with Crippen LogP contribution in [0.2, 0.25) is 0 Å². The second kappa shape index (κ2) is 11.5. The highest BCUT2D eigenvalue weighted by molar-refractivity contribution is 14.0. The lowest BCUT2D eigenvalue weighted by atomic mass is 10.3. The molecule has 1 rings (SSSR count). The van der Waals surface area contributed by atoms with Crippen LogP contribution in [0.25, 0.3) is 0 Å². The Balaban J connectivity index is 0.00000441. The maximum absolute atomic E-state index is 12.1. The highest BCUT2D eigenvalue weighted by Gasteiger charge is 2.26. The summed E-state index contributed by atoms with van der Waals surface area (Å²) in [6, 6.07) is 0. The minimum Gasteiger partial charge on any atom is -0.357 e. The van der Waals surface area contributed by atoms with Gasteiger partial charge in [-0.1, -0.05) is 0 Å². The summed E-state index contributed by atoms with van der Waals surface area (Å²) in [7, 11) is 0. The number of aromatic nitrogens is 3. The van der Waals surface area contributed by atoms with Crippen LogP contribution in [-0.2, 0) is 6.54 Å². The van der Waals surface area contributed by atoms with Crippen molar-refractivity contribution in [3.8, 4) is 0 Å². The summed E-state index contributed by atoms with van der Waals surface area (Å²) in [6.45, 7) is 3.67. The van der Waals surface area contributed by atoms with Gasteiger partial charge in [-0.15, -0.1) is 34.2 Å². The van der Waals surface area contributed by atoms with Crippen LogP contribution >= 0.6 is 24.0 Å². The Kier molecular flexibility index (Phi) is 10.9. The Morgan fingerprint density at radius 3 is 2.45 bits per heavy atom. The molecule has 0 fully saturated rings. The average molecular weight is 434 g/mol. The minimum absolute atomic E-state index is 0. The molecule has 0 saturated carbocycles. The SMILES string of the molecule is CCNC(=NCCCCn1cnnc1)NCCC(F)(F)F.I. The molecule has 6 nitrogen and oxygen atoms in total. The van der Waals surface area contributed by atoms with E-state index in [1.807, 2.05) is 11.5 Å². The van der Waals surface area contributed by atoms with Crippen molar-refractivity contribution in [2.24, 2.45) is 4.99 Å². The first-order valence-corrected chi connectivity index (χ1v) is 6.92. The fourth-order valence-electron chi connectivity index (χ4n) is 1.60. The number of alkyl halides is 3. The van der Waals surface area contributed by atoms with Crippen molar-refractivity contribution in [3.05, 3.63) is 12.7 Å². The predicted octanol–water partition coefficient (Wildman–Crippen LogP) is 2.18. The molecule has 10 heteroatoms. The van der Waals surface area contributed by atoms with Crippen LogP contribution in [0.3, 0.4) is 0 Å². The second-order valence-corrected chi connectivity index (χ2v) is 4.46. The molecule has 0 aliphatic heterocycles. The Labute approximate surface area is 145 Å². The lowest BCUT2D eigenvalue weighted by Crippen LogP contribution is -2.39. The van der Waals surface area contributed by atoms with Gasteiger partial charge in [0.2, 0.25) is 0 Å². The summed E-state index contributed by atoms with van der Waals surface area (Å²) in [5, 5.41) is 13.0. The summed E-state index contributed by atoms with van der Waals surface area (Å²) in [5.74, 6) is 0.422. The molecule has 0 radical (unpaired) electrons. The van der Waals surface area contributed by atoms with E-state index >= 15 is 0 Å². The van der Waals surface area contributed by atoms with Gasteiger partial charge in [0, 0.05) is 26.2 Å². The first-order valence-electron chi connectivity index (χ1n) is 6.92. The number of aliphatic imine (C=N–C) groups is 1. The third-order valence-corrected chi connectivity index (χ3v) is 2.61. The second-order valence-electron chi connectivity index (χ2n) is 4.46. The van der Waals surface area contributed by atoms with Crippen molar-refractivity contribution in [3.63, 3.8) is 0 Å². The first kappa shape index (κ1) is 20.9. The quantitative estimate of drug-likeness (QED) is 0.285. The number of halogens is 4. The number of hydrogen-bond acceptors (Lipinski definition) is 3. The zero-order valence-corrected chi connectivity index (χ0v) is 14.8. The molecule has 128 valence electrons. The van der Waals surface area contributed by atoms with Crippen LogP contribution in [0, 0.1) is 0 Å². The molecule has 0 aliphatic carbocycles. The molecule has 22 heavy (non-hydrogen) atoms. The summed E-state index contributed by atoms with van der Waals surface area (Å²) in [5.41, 5.74) is 0. The molecule has 1 aromatic heterocycles. The summed E-state index contributed by atoms with van der Waals surface area (Å²) in [4.78, 5) is 4.24. The first-order chi connectivity index (χ1) is 10.0. The fourth-order valence-corrected chi connectivity index (χ4v) is 1.60. The van der Waals surface area contributed by atoms with Crippen LogP contribution in [-0.4, -0.2) is 46.5 Å². The standard InChI is InChI=1S/C12H21F3N6.HI/c1-2-16-11(18-7-5-12(13,14)15)17-6-3-4-8-21-9-19-20-10-21;/h9-10H,2-8H2,1H3,(H2,16,17,18);1H. The summed E-state index contributed by atoms with van der Waals surface area (Å²) >= 11 is 0. The van der Waals surface area contributed by atoms with E-state index in [1.54, 1.807) is 12.7 Å². The van der Waals surface area contributed by atoms with E-state index in [1.165, 1.54) is 0 Å². The fraction of sp³-hybridized carbons (Fsp3) is 0.750. The van der Waals surface area contributed by atoms with Gasteiger partial charge in [-0.05, 0) is 19.8 Å². The van der Waals surface area contributed by atoms with E-state index in [-0.39, 0.29) is 30.5 Å². The van der Waals surface area contributed by atoms with Crippen molar-refractivity contribution >= 4 is 29.9 Å². The van der Waals surface area contributed by atoms with Gasteiger partial charge in [0.15, 0.2) is 5.96 Å². The van der Waals surface area contributed by atoms with Gasteiger partial charge >= 0.3 is 6.18 Å². The monoisotopic (exact) mass is 434 g/mol. The zero-order chi connectivity index (χ0) is 15.6. The number of nitrogens with one attached hydrogen (secondary N) is 2. The van der Waals surface area contributed by atoms with E-state index in [0.29, 0.717) is 19.0 Å². The smallest absolute Gasteiger partial charge is 0.357 e. The molecule has 2 N–H and O–H groups in total. The van der Waals surface area contributed by atoms with Gasteiger partial charge in [0.25, 0.3) is 0 Å². The van der Waals surface area contributed by atoms with Gasteiger partial charge in [-0.2, -0.15) is 13.2 Å². The largest absolute Gasteiger partial charge is 0.390 e. The maximum Gasteiger partial charge on any atom is 0.390 e. The molecule has 1 heterocycles. The molecule has 0 aromatic carbocycles. The highest BCUT2D eigenvalue weighted by atomic mass is 127. The Morgan fingerprint density at radius 1 is 1.18 bits per heavy atom. The molecule has 0 aliphatic rings. The lowest BCUT2D eigenvalue weighted by molar-refractivity contribution is -0.132. The third-order valence-electron chi connectivity index (χ3n) is 2.61. The zero-order valence-electron chi connectivity index (χ0n) is 12.4. The van der Waals surface area contributed by atoms with Gasteiger partial charge in [-0.3, -0.25) is 4.99 Å². The van der Waals surface area contributed by atoms with Crippen molar-refractivity contribution in [1.82, 2.24) is 25.4 Å². The molecular formula is C12H22F3IN6. The van der Waals surface area contributed by atoms with E-state index < -0.39 is 12.6 Å². The van der Waals surface area contributed by atoms with Crippen molar-refractivity contribution < 1.29 is 13.2 Å². The van der Waals surface area contributed by atoms with Crippen LogP contribution in [0.15, 0.2) is 17.6 Å². The van der Waals surface area contributed by atoms with Gasteiger partial charge in [0.05, 0.1) is 6.42 Å². The highest BCUT2D eigenvalue weighted by Crippen LogP contribution is 2.17. The van der Waals surface area contributed by atoms with E-state index in [2.05, 4.69) is 25.8 Å². The van der Waals surface area contributed by atoms with Gasteiger partial charge in [0.1, 0.15) is 12.7 Å². The number of hydrogen-bond donors (Lipinski definition) is 2. The third kappa shape index (κ3) is 10.6. The molecule has 0 spiro atoms. The van der Waals surface area contributed by atoms with Crippen LogP contribution in [0.5, 0.6) is 0 Å². The maximum atomic E-state index is 12.1. The molecular weight excluding hydrogens is 412 g/mol. The van der Waals surface area contributed by atoms with E-state index in [4.69, 9.17) is 0 Å². The molecule has 0 bridgehead atoms. The van der Waals surface area contributed by atoms with Crippen LogP contribution in [0.4, 0.5) is 13.2 Å². The average Bonchev–Trinajstić information content (AvgIpc) is 2.90.